The number of carbonyl (C=O) groups excluding carboxylic acids is 1. The van der Waals surface area contributed by atoms with Gasteiger partial charge in [0.05, 0.1) is 5.92 Å². The molecule has 0 bridgehead atoms. The highest BCUT2D eigenvalue weighted by molar-refractivity contribution is 6.31. The Balaban J connectivity index is 2.03. The van der Waals surface area contributed by atoms with Crippen LogP contribution >= 0.6 is 11.6 Å². The van der Waals surface area contributed by atoms with Crippen molar-refractivity contribution in [3.8, 4) is 0 Å². The highest BCUT2D eigenvalue weighted by Gasteiger charge is 2.24. The van der Waals surface area contributed by atoms with Gasteiger partial charge in [-0.1, -0.05) is 17.7 Å². The molecular formula is C11H13ClN2O. The van der Waals surface area contributed by atoms with Crippen LogP contribution in [0.5, 0.6) is 0 Å². The molecule has 0 aromatic heterocycles. The van der Waals surface area contributed by atoms with E-state index in [9.17, 15) is 4.79 Å². The molecule has 1 amide bonds. The Hall–Kier alpha value is -1.06. The van der Waals surface area contributed by atoms with Crippen molar-refractivity contribution in [2.45, 2.75) is 6.92 Å². The summed E-state index contributed by atoms with van der Waals surface area (Å²) in [6.45, 7) is 3.47. The number of hydrogen-bond acceptors (Lipinski definition) is 2. The van der Waals surface area contributed by atoms with Gasteiger partial charge in [-0.2, -0.15) is 0 Å². The second-order valence-electron chi connectivity index (χ2n) is 3.81. The van der Waals surface area contributed by atoms with Crippen LogP contribution in [-0.2, 0) is 4.79 Å². The highest BCUT2D eigenvalue weighted by Crippen LogP contribution is 2.20. The van der Waals surface area contributed by atoms with Gasteiger partial charge < -0.3 is 10.6 Å². The van der Waals surface area contributed by atoms with E-state index >= 15 is 0 Å². The number of amides is 1. The molecule has 2 rings (SSSR count). The molecule has 15 heavy (non-hydrogen) atoms. The van der Waals surface area contributed by atoms with Crippen LogP contribution in [0.15, 0.2) is 18.2 Å². The van der Waals surface area contributed by atoms with Gasteiger partial charge in [0.1, 0.15) is 0 Å². The molecule has 3 nitrogen and oxygen atoms in total. The summed E-state index contributed by atoms with van der Waals surface area (Å²) in [6.07, 6.45) is 0. The fraction of sp³-hybridized carbons (Fsp3) is 0.364. The van der Waals surface area contributed by atoms with Crippen LogP contribution in [0, 0.1) is 12.8 Å². The lowest BCUT2D eigenvalue weighted by Crippen LogP contribution is -2.48. The summed E-state index contributed by atoms with van der Waals surface area (Å²) in [5, 5.41) is 6.59. The zero-order valence-electron chi connectivity index (χ0n) is 8.51. The van der Waals surface area contributed by atoms with Gasteiger partial charge in [0, 0.05) is 23.8 Å². The van der Waals surface area contributed by atoms with Gasteiger partial charge in [0.25, 0.3) is 0 Å². The number of rotatable bonds is 2. The van der Waals surface area contributed by atoms with Crippen molar-refractivity contribution in [2.24, 2.45) is 5.92 Å². The molecule has 1 aromatic rings. The van der Waals surface area contributed by atoms with Crippen molar-refractivity contribution < 1.29 is 4.79 Å². The van der Waals surface area contributed by atoms with Gasteiger partial charge in [0.15, 0.2) is 0 Å². The molecule has 1 aliphatic heterocycles. The summed E-state index contributed by atoms with van der Waals surface area (Å²) in [4.78, 5) is 11.6. The SMILES string of the molecule is Cc1ccc(NC(=O)C2CNC2)cc1Cl. The second kappa shape index (κ2) is 4.21. The largest absolute Gasteiger partial charge is 0.326 e. The van der Waals surface area contributed by atoms with E-state index in [4.69, 9.17) is 11.6 Å². The minimum absolute atomic E-state index is 0.0636. The molecule has 0 radical (unpaired) electrons. The van der Waals surface area contributed by atoms with E-state index in [0.717, 1.165) is 24.3 Å². The third-order valence-corrected chi connectivity index (χ3v) is 3.00. The van der Waals surface area contributed by atoms with E-state index in [1.807, 2.05) is 19.1 Å². The van der Waals surface area contributed by atoms with Gasteiger partial charge >= 0.3 is 0 Å². The van der Waals surface area contributed by atoms with E-state index in [0.29, 0.717) is 5.02 Å². The lowest BCUT2D eigenvalue weighted by molar-refractivity contribution is -0.121. The Bertz CT molecular complexity index is 388. The molecule has 0 aliphatic carbocycles. The second-order valence-corrected chi connectivity index (χ2v) is 4.22. The van der Waals surface area contributed by atoms with Crippen molar-refractivity contribution >= 4 is 23.2 Å². The summed E-state index contributed by atoms with van der Waals surface area (Å²) in [5.74, 6) is 0.166. The number of nitrogens with one attached hydrogen (secondary N) is 2. The smallest absolute Gasteiger partial charge is 0.230 e. The number of benzene rings is 1. The topological polar surface area (TPSA) is 41.1 Å². The molecule has 0 spiro atoms. The van der Waals surface area contributed by atoms with Crippen LogP contribution in [0.3, 0.4) is 0 Å². The van der Waals surface area contributed by atoms with Crippen LogP contribution in [0.4, 0.5) is 5.69 Å². The Morgan fingerprint density at radius 2 is 2.27 bits per heavy atom. The average molecular weight is 225 g/mol. The molecule has 1 aliphatic rings. The van der Waals surface area contributed by atoms with E-state index in [1.165, 1.54) is 0 Å². The Kier molecular flexibility index (Phi) is 2.93. The molecular weight excluding hydrogens is 212 g/mol. The zero-order valence-corrected chi connectivity index (χ0v) is 9.27. The van der Waals surface area contributed by atoms with E-state index in [2.05, 4.69) is 10.6 Å². The molecule has 0 unspecified atom stereocenters. The minimum atomic E-state index is 0.0636. The fourth-order valence-corrected chi connectivity index (χ4v) is 1.57. The maximum Gasteiger partial charge on any atom is 0.230 e. The van der Waals surface area contributed by atoms with Gasteiger partial charge in [0.2, 0.25) is 5.91 Å². The number of aryl methyl sites for hydroxylation is 1. The first-order valence-electron chi connectivity index (χ1n) is 4.94. The molecule has 0 saturated carbocycles. The van der Waals surface area contributed by atoms with E-state index in [1.54, 1.807) is 6.07 Å². The number of anilines is 1. The van der Waals surface area contributed by atoms with Crippen LogP contribution in [-0.4, -0.2) is 19.0 Å². The summed E-state index contributed by atoms with van der Waals surface area (Å²) in [7, 11) is 0. The summed E-state index contributed by atoms with van der Waals surface area (Å²) < 4.78 is 0. The first-order valence-corrected chi connectivity index (χ1v) is 5.32. The maximum absolute atomic E-state index is 11.6. The van der Waals surface area contributed by atoms with Crippen LogP contribution in [0.2, 0.25) is 5.02 Å². The van der Waals surface area contributed by atoms with Crippen LogP contribution in [0.25, 0.3) is 0 Å². The lowest BCUT2D eigenvalue weighted by atomic mass is 10.0. The summed E-state index contributed by atoms with van der Waals surface area (Å²) in [6, 6.07) is 5.54. The molecule has 4 heteroatoms. The fourth-order valence-electron chi connectivity index (χ4n) is 1.39. The normalized spacial score (nSPS) is 15.9. The molecule has 2 N–H and O–H groups in total. The molecule has 1 saturated heterocycles. The molecule has 1 heterocycles. The highest BCUT2D eigenvalue weighted by atomic mass is 35.5. The quantitative estimate of drug-likeness (QED) is 0.805. The van der Waals surface area contributed by atoms with E-state index < -0.39 is 0 Å². The average Bonchev–Trinajstić information content (AvgIpc) is 2.08. The summed E-state index contributed by atoms with van der Waals surface area (Å²) in [5.41, 5.74) is 1.78. The first-order chi connectivity index (χ1) is 7.16. The van der Waals surface area contributed by atoms with Crippen molar-refractivity contribution in [3.63, 3.8) is 0 Å². The number of carbonyl (C=O) groups is 1. The van der Waals surface area contributed by atoms with E-state index in [-0.39, 0.29) is 11.8 Å². The van der Waals surface area contributed by atoms with Crippen molar-refractivity contribution in [1.82, 2.24) is 5.32 Å². The third kappa shape index (κ3) is 2.30. The van der Waals surface area contributed by atoms with Gasteiger partial charge in [-0.3, -0.25) is 4.79 Å². The Morgan fingerprint density at radius 3 is 2.80 bits per heavy atom. The lowest BCUT2D eigenvalue weighted by Gasteiger charge is -2.25. The summed E-state index contributed by atoms with van der Waals surface area (Å²) >= 11 is 5.96. The molecule has 1 fully saturated rings. The van der Waals surface area contributed by atoms with Crippen molar-refractivity contribution in [2.75, 3.05) is 18.4 Å². The predicted molar refractivity (Wildman–Crippen MR) is 61.2 cm³/mol. The van der Waals surface area contributed by atoms with Crippen LogP contribution < -0.4 is 10.6 Å². The van der Waals surface area contributed by atoms with Crippen molar-refractivity contribution in [3.05, 3.63) is 28.8 Å². The van der Waals surface area contributed by atoms with Gasteiger partial charge in [-0.25, -0.2) is 0 Å². The van der Waals surface area contributed by atoms with Crippen LogP contribution in [0.1, 0.15) is 5.56 Å². The van der Waals surface area contributed by atoms with Crippen molar-refractivity contribution in [1.29, 1.82) is 0 Å². The van der Waals surface area contributed by atoms with Gasteiger partial charge in [-0.05, 0) is 24.6 Å². The maximum atomic E-state index is 11.6. The standard InChI is InChI=1S/C11H13ClN2O/c1-7-2-3-9(4-10(7)12)14-11(15)8-5-13-6-8/h2-4,8,13H,5-6H2,1H3,(H,14,15). The monoisotopic (exact) mass is 224 g/mol. The predicted octanol–water partition coefficient (Wildman–Crippen LogP) is 1.81. The first kappa shape index (κ1) is 10.5. The molecule has 0 atom stereocenters. The third-order valence-electron chi connectivity index (χ3n) is 2.59. The Labute approximate surface area is 93.8 Å². The molecule has 80 valence electrons. The zero-order chi connectivity index (χ0) is 10.8. The van der Waals surface area contributed by atoms with Gasteiger partial charge in [-0.15, -0.1) is 0 Å². The number of halogens is 1. The number of hydrogen-bond donors (Lipinski definition) is 2. The Morgan fingerprint density at radius 1 is 1.53 bits per heavy atom. The molecule has 1 aromatic carbocycles. The minimum Gasteiger partial charge on any atom is -0.326 e.